The summed E-state index contributed by atoms with van der Waals surface area (Å²) in [6, 6.07) is 0. The van der Waals surface area contributed by atoms with Gasteiger partial charge in [0.15, 0.2) is 24.3 Å². The van der Waals surface area contributed by atoms with Gasteiger partial charge in [-0.2, -0.15) is 0 Å². The molecule has 2 aromatic rings. The van der Waals surface area contributed by atoms with Crippen LogP contribution in [0.25, 0.3) is 11.2 Å². The van der Waals surface area contributed by atoms with Gasteiger partial charge in [0.25, 0.3) is 0 Å². The van der Waals surface area contributed by atoms with Crippen LogP contribution in [0.4, 0.5) is 3.89 Å². The molecule has 0 bridgehead atoms. The zero-order valence-corrected chi connectivity index (χ0v) is 9.08. The topological polar surface area (TPSA) is 47.8 Å². The molecule has 0 aliphatic heterocycles. The van der Waals surface area contributed by atoms with Crippen molar-refractivity contribution in [3.05, 3.63) is 23.7 Å². The Balaban J connectivity index is 2.23. The van der Waals surface area contributed by atoms with Crippen molar-refractivity contribution in [1.82, 2.24) is 13.9 Å². The van der Waals surface area contributed by atoms with E-state index in [2.05, 4.69) is 9.97 Å². The van der Waals surface area contributed by atoms with Crippen molar-refractivity contribution in [3.8, 4) is 0 Å². The van der Waals surface area contributed by atoms with Crippen LogP contribution in [0.5, 0.6) is 0 Å². The molecule has 0 spiro atoms. The van der Waals surface area contributed by atoms with E-state index in [-0.39, 0.29) is 12.3 Å². The summed E-state index contributed by atoms with van der Waals surface area (Å²) in [5.74, 6) is 0.470. The van der Waals surface area contributed by atoms with Crippen molar-refractivity contribution in [2.45, 2.75) is 18.8 Å². The predicted octanol–water partition coefficient (Wildman–Crippen LogP) is 2.50. The van der Waals surface area contributed by atoms with Crippen LogP contribution in [0, 0.1) is 0 Å². The van der Waals surface area contributed by atoms with E-state index in [1.165, 1.54) is 10.2 Å². The van der Waals surface area contributed by atoms with Crippen LogP contribution in [-0.2, 0) is 0 Å². The fraction of sp³-hybridized carbons (Fsp3) is 0.300. The second kappa shape index (κ2) is 3.55. The highest BCUT2D eigenvalue weighted by Gasteiger charge is 2.26. The SMILES string of the molecule is O=Cc1cn(SF)c2ncc(C3CC3)nc12. The molecule has 16 heavy (non-hydrogen) atoms. The molecule has 1 fully saturated rings. The summed E-state index contributed by atoms with van der Waals surface area (Å²) in [6.07, 6.45) is 6.01. The zero-order valence-electron chi connectivity index (χ0n) is 8.26. The molecule has 1 saturated carbocycles. The number of halogens is 1. The maximum atomic E-state index is 12.6. The summed E-state index contributed by atoms with van der Waals surface area (Å²) in [6.45, 7) is 0. The lowest BCUT2D eigenvalue weighted by molar-refractivity contribution is 0.112. The Morgan fingerprint density at radius 1 is 1.56 bits per heavy atom. The zero-order chi connectivity index (χ0) is 11.1. The maximum absolute atomic E-state index is 12.6. The van der Waals surface area contributed by atoms with Gasteiger partial charge in [-0.1, -0.05) is 0 Å². The number of hydrogen-bond acceptors (Lipinski definition) is 4. The van der Waals surface area contributed by atoms with Gasteiger partial charge in [-0.15, -0.1) is 3.89 Å². The normalized spacial score (nSPS) is 15.6. The molecule has 82 valence electrons. The molecule has 3 rings (SSSR count). The molecule has 0 saturated heterocycles. The largest absolute Gasteiger partial charge is 0.298 e. The first-order chi connectivity index (χ1) is 7.83. The molecule has 4 nitrogen and oxygen atoms in total. The molecule has 1 aliphatic rings. The van der Waals surface area contributed by atoms with Crippen LogP contribution >= 0.6 is 12.3 Å². The lowest BCUT2D eigenvalue weighted by Crippen LogP contribution is -1.92. The fourth-order valence-electron chi connectivity index (χ4n) is 1.71. The van der Waals surface area contributed by atoms with Gasteiger partial charge in [0, 0.05) is 12.1 Å². The summed E-state index contributed by atoms with van der Waals surface area (Å²) in [4.78, 5) is 19.4. The molecule has 1 aliphatic carbocycles. The predicted molar refractivity (Wildman–Crippen MR) is 59.0 cm³/mol. The minimum atomic E-state index is 0.0196. The van der Waals surface area contributed by atoms with Crippen LogP contribution < -0.4 is 0 Å². The lowest BCUT2D eigenvalue weighted by atomic mass is 10.3. The Hall–Kier alpha value is -1.43. The van der Waals surface area contributed by atoms with Gasteiger partial charge in [0.1, 0.15) is 5.52 Å². The van der Waals surface area contributed by atoms with E-state index in [1.54, 1.807) is 6.20 Å². The summed E-state index contributed by atoms with van der Waals surface area (Å²) in [7, 11) is 0. The second-order valence-electron chi connectivity index (χ2n) is 3.84. The van der Waals surface area contributed by atoms with Gasteiger partial charge in [-0.25, -0.2) is 13.9 Å². The molecular formula is C10H8FN3OS. The van der Waals surface area contributed by atoms with Gasteiger partial charge < -0.3 is 0 Å². The Kier molecular flexibility index (Phi) is 2.17. The van der Waals surface area contributed by atoms with Gasteiger partial charge in [-0.3, -0.25) is 4.79 Å². The second-order valence-corrected chi connectivity index (χ2v) is 4.37. The molecule has 0 aromatic carbocycles. The van der Waals surface area contributed by atoms with E-state index in [0.717, 1.165) is 18.5 Å². The molecule has 2 aromatic heterocycles. The molecule has 0 radical (unpaired) electrons. The molecule has 0 N–H and O–H groups in total. The first kappa shape index (κ1) is 9.77. The third-order valence-corrected chi connectivity index (χ3v) is 3.13. The minimum Gasteiger partial charge on any atom is -0.298 e. The Labute approximate surface area is 95.3 Å². The van der Waals surface area contributed by atoms with E-state index in [0.29, 0.717) is 28.9 Å². The van der Waals surface area contributed by atoms with E-state index in [1.807, 2.05) is 0 Å². The van der Waals surface area contributed by atoms with Crippen LogP contribution in [0.2, 0.25) is 0 Å². The average molecular weight is 237 g/mol. The Morgan fingerprint density at radius 2 is 2.38 bits per heavy atom. The van der Waals surface area contributed by atoms with Crippen molar-refractivity contribution < 1.29 is 8.68 Å². The molecule has 2 heterocycles. The number of aromatic nitrogens is 3. The third kappa shape index (κ3) is 1.41. The number of fused-ring (bicyclic) bond motifs is 1. The van der Waals surface area contributed by atoms with Crippen LogP contribution in [-0.4, -0.2) is 20.2 Å². The Morgan fingerprint density at radius 3 is 3.00 bits per heavy atom. The van der Waals surface area contributed by atoms with Gasteiger partial charge in [-0.05, 0) is 12.8 Å². The van der Waals surface area contributed by atoms with Gasteiger partial charge >= 0.3 is 0 Å². The molecule has 0 atom stereocenters. The highest BCUT2D eigenvalue weighted by Crippen LogP contribution is 2.39. The van der Waals surface area contributed by atoms with E-state index < -0.39 is 0 Å². The monoisotopic (exact) mass is 237 g/mol. The standard InChI is InChI=1S/C10H8FN3OS/c11-16-14-4-7(5-15)9-10(14)12-3-8(13-9)6-1-2-6/h3-6H,1-2H2. The van der Waals surface area contributed by atoms with E-state index >= 15 is 0 Å². The van der Waals surface area contributed by atoms with E-state index in [4.69, 9.17) is 0 Å². The van der Waals surface area contributed by atoms with Crippen molar-refractivity contribution in [1.29, 1.82) is 0 Å². The smallest absolute Gasteiger partial charge is 0.171 e. The maximum Gasteiger partial charge on any atom is 0.171 e. The Bertz CT molecular complexity index is 564. The average Bonchev–Trinajstić information content (AvgIpc) is 3.10. The molecule has 0 unspecified atom stereocenters. The first-order valence-corrected chi connectivity index (χ1v) is 5.63. The van der Waals surface area contributed by atoms with Crippen LogP contribution in [0.3, 0.4) is 0 Å². The minimum absolute atomic E-state index is 0.0196. The summed E-state index contributed by atoms with van der Waals surface area (Å²) in [5, 5.41) is 0. The lowest BCUT2D eigenvalue weighted by Gasteiger charge is -1.98. The van der Waals surface area contributed by atoms with Crippen molar-refractivity contribution in [2.75, 3.05) is 0 Å². The quantitative estimate of drug-likeness (QED) is 0.769. The van der Waals surface area contributed by atoms with Crippen LogP contribution in [0.15, 0.2) is 12.4 Å². The number of hydrogen-bond donors (Lipinski definition) is 0. The number of carbonyl (C=O) groups is 1. The summed E-state index contributed by atoms with van der Waals surface area (Å²) >= 11 is 0.0196. The number of carbonyl (C=O) groups excluding carboxylic acids is 1. The summed E-state index contributed by atoms with van der Waals surface area (Å²) < 4.78 is 13.8. The fourth-order valence-corrected chi connectivity index (χ4v) is 2.07. The number of aldehydes is 1. The van der Waals surface area contributed by atoms with Crippen molar-refractivity contribution in [3.63, 3.8) is 0 Å². The van der Waals surface area contributed by atoms with Crippen LogP contribution in [0.1, 0.15) is 34.8 Å². The number of nitrogens with zero attached hydrogens (tertiary/aromatic N) is 3. The highest BCUT2D eigenvalue weighted by atomic mass is 32.2. The molecule has 0 amide bonds. The molecule has 6 heteroatoms. The number of rotatable bonds is 3. The van der Waals surface area contributed by atoms with Gasteiger partial charge in [0.2, 0.25) is 0 Å². The van der Waals surface area contributed by atoms with Gasteiger partial charge in [0.05, 0.1) is 17.5 Å². The van der Waals surface area contributed by atoms with E-state index in [9.17, 15) is 8.68 Å². The molecular weight excluding hydrogens is 229 g/mol. The highest BCUT2D eigenvalue weighted by molar-refractivity contribution is 7.92. The first-order valence-electron chi connectivity index (χ1n) is 4.95. The summed E-state index contributed by atoms with van der Waals surface area (Å²) in [5.41, 5.74) is 2.18. The van der Waals surface area contributed by atoms with Crippen molar-refractivity contribution in [2.24, 2.45) is 0 Å². The third-order valence-electron chi connectivity index (χ3n) is 2.71. The van der Waals surface area contributed by atoms with Crippen molar-refractivity contribution >= 4 is 29.8 Å².